The molecule has 15 heavy (non-hydrogen) atoms. The smallest absolute Gasteiger partial charge is 0.306 e. The molecule has 5 nitrogen and oxygen atoms in total. The Kier molecular flexibility index (Phi) is 2.73. The molecule has 0 radical (unpaired) electrons. The fraction of sp³-hybridized carbons (Fsp3) is 0.600. The summed E-state index contributed by atoms with van der Waals surface area (Å²) in [4.78, 5) is 14.7. The van der Waals surface area contributed by atoms with E-state index in [1.54, 1.807) is 6.20 Å². The van der Waals surface area contributed by atoms with Gasteiger partial charge in [0.1, 0.15) is 11.9 Å². The molecule has 0 bridgehead atoms. The monoisotopic (exact) mass is 210 g/mol. The number of carboxylic acids is 1. The van der Waals surface area contributed by atoms with Gasteiger partial charge in [0.2, 0.25) is 0 Å². The summed E-state index contributed by atoms with van der Waals surface area (Å²) >= 11 is 0. The molecule has 2 heterocycles. The molecule has 0 aromatic carbocycles. The minimum atomic E-state index is -1.01. The van der Waals surface area contributed by atoms with Crippen molar-refractivity contribution in [3.8, 4) is 0 Å². The van der Waals surface area contributed by atoms with Crippen molar-refractivity contribution in [2.45, 2.75) is 38.3 Å². The highest BCUT2D eigenvalue weighted by molar-refractivity contribution is 5.67. The standard InChI is InChI=1S/C10H14N2O3/c13-8(5-10(14)15)7-6-12-4-2-1-3-9(12)11-7/h6,8,13H,1-5H2,(H,14,15)/t8-/m0/s1. The summed E-state index contributed by atoms with van der Waals surface area (Å²) < 4.78 is 2.00. The van der Waals surface area contributed by atoms with E-state index < -0.39 is 12.1 Å². The van der Waals surface area contributed by atoms with Gasteiger partial charge in [0.15, 0.2) is 0 Å². The number of carboxylic acid groups (broad SMARTS) is 1. The number of aliphatic hydroxyl groups excluding tert-OH is 1. The Balaban J connectivity index is 2.15. The van der Waals surface area contributed by atoms with Crippen molar-refractivity contribution < 1.29 is 15.0 Å². The number of aryl methyl sites for hydroxylation is 2. The second-order valence-corrected chi connectivity index (χ2v) is 3.85. The lowest BCUT2D eigenvalue weighted by Crippen LogP contribution is -2.08. The van der Waals surface area contributed by atoms with Gasteiger partial charge in [0, 0.05) is 19.2 Å². The lowest BCUT2D eigenvalue weighted by Gasteiger charge is -2.11. The molecule has 0 fully saturated rings. The van der Waals surface area contributed by atoms with Gasteiger partial charge in [-0.2, -0.15) is 0 Å². The number of hydrogen-bond acceptors (Lipinski definition) is 3. The zero-order chi connectivity index (χ0) is 10.8. The minimum Gasteiger partial charge on any atom is -0.481 e. The zero-order valence-electron chi connectivity index (χ0n) is 8.39. The lowest BCUT2D eigenvalue weighted by molar-refractivity contribution is -0.139. The van der Waals surface area contributed by atoms with Gasteiger partial charge in [0.05, 0.1) is 12.1 Å². The first kappa shape index (κ1) is 10.2. The lowest BCUT2D eigenvalue weighted by atomic mass is 10.2. The summed E-state index contributed by atoms with van der Waals surface area (Å²) in [6.07, 6.45) is 3.65. The number of fused-ring (bicyclic) bond motifs is 1. The molecule has 1 aromatic rings. The summed E-state index contributed by atoms with van der Waals surface area (Å²) in [6.45, 7) is 0.919. The van der Waals surface area contributed by atoms with Crippen molar-refractivity contribution in [3.63, 3.8) is 0 Å². The topological polar surface area (TPSA) is 75.3 Å². The summed E-state index contributed by atoms with van der Waals surface area (Å²) in [5.74, 6) is -0.0471. The highest BCUT2D eigenvalue weighted by atomic mass is 16.4. The Morgan fingerprint density at radius 3 is 3.07 bits per heavy atom. The maximum Gasteiger partial charge on any atom is 0.306 e. The van der Waals surface area contributed by atoms with Gasteiger partial charge in [-0.3, -0.25) is 4.79 Å². The van der Waals surface area contributed by atoms with Gasteiger partial charge in [-0.05, 0) is 12.8 Å². The van der Waals surface area contributed by atoms with Crippen LogP contribution in [0.3, 0.4) is 0 Å². The molecule has 0 saturated carbocycles. The number of hydrogen-bond donors (Lipinski definition) is 2. The second-order valence-electron chi connectivity index (χ2n) is 3.85. The zero-order valence-corrected chi connectivity index (χ0v) is 8.39. The summed E-state index contributed by atoms with van der Waals surface area (Å²) in [7, 11) is 0. The van der Waals surface area contributed by atoms with Crippen LogP contribution in [-0.2, 0) is 17.8 Å². The van der Waals surface area contributed by atoms with Crippen LogP contribution in [0.4, 0.5) is 0 Å². The molecule has 0 aliphatic carbocycles. The third kappa shape index (κ3) is 2.18. The molecule has 0 amide bonds. The predicted octanol–water partition coefficient (Wildman–Crippen LogP) is 0.727. The number of nitrogens with zero attached hydrogens (tertiary/aromatic N) is 2. The fourth-order valence-electron chi connectivity index (χ4n) is 1.87. The van der Waals surface area contributed by atoms with Gasteiger partial charge < -0.3 is 14.8 Å². The van der Waals surface area contributed by atoms with E-state index in [9.17, 15) is 9.90 Å². The molecule has 1 aliphatic heterocycles. The van der Waals surface area contributed by atoms with E-state index in [1.807, 2.05) is 4.57 Å². The highest BCUT2D eigenvalue weighted by Gasteiger charge is 2.18. The van der Waals surface area contributed by atoms with E-state index in [0.717, 1.165) is 31.6 Å². The van der Waals surface area contributed by atoms with Crippen LogP contribution in [0.15, 0.2) is 6.20 Å². The van der Waals surface area contributed by atoms with E-state index in [0.29, 0.717) is 5.69 Å². The summed E-state index contributed by atoms with van der Waals surface area (Å²) in [5, 5.41) is 18.1. The maximum atomic E-state index is 10.4. The largest absolute Gasteiger partial charge is 0.481 e. The van der Waals surface area contributed by atoms with Crippen LogP contribution in [0.1, 0.15) is 36.9 Å². The maximum absolute atomic E-state index is 10.4. The Hall–Kier alpha value is -1.36. The number of carbonyl (C=O) groups is 1. The van der Waals surface area contributed by atoms with E-state index in [1.165, 1.54) is 0 Å². The Morgan fingerprint density at radius 2 is 2.40 bits per heavy atom. The number of aliphatic hydroxyl groups is 1. The number of aliphatic carboxylic acids is 1. The molecule has 0 unspecified atom stereocenters. The van der Waals surface area contributed by atoms with Crippen molar-refractivity contribution in [3.05, 3.63) is 17.7 Å². The van der Waals surface area contributed by atoms with Crippen LogP contribution in [-0.4, -0.2) is 25.7 Å². The molecular weight excluding hydrogens is 196 g/mol. The van der Waals surface area contributed by atoms with E-state index in [4.69, 9.17) is 5.11 Å². The first-order chi connectivity index (χ1) is 7.16. The van der Waals surface area contributed by atoms with E-state index in [2.05, 4.69) is 4.98 Å². The first-order valence-electron chi connectivity index (χ1n) is 5.12. The normalized spacial score (nSPS) is 17.1. The van der Waals surface area contributed by atoms with Gasteiger partial charge in [-0.15, -0.1) is 0 Å². The van der Waals surface area contributed by atoms with Gasteiger partial charge in [0.25, 0.3) is 0 Å². The van der Waals surface area contributed by atoms with Crippen LogP contribution in [0.5, 0.6) is 0 Å². The van der Waals surface area contributed by atoms with Crippen molar-refractivity contribution in [1.82, 2.24) is 9.55 Å². The first-order valence-corrected chi connectivity index (χ1v) is 5.12. The molecule has 0 saturated heterocycles. The van der Waals surface area contributed by atoms with Gasteiger partial charge in [-0.25, -0.2) is 4.98 Å². The third-order valence-corrected chi connectivity index (χ3v) is 2.64. The SMILES string of the molecule is O=C(O)C[C@H](O)c1cn2c(n1)CCCC2. The molecule has 82 valence electrons. The number of imidazole rings is 1. The second kappa shape index (κ2) is 4.02. The van der Waals surface area contributed by atoms with Crippen molar-refractivity contribution in [1.29, 1.82) is 0 Å². The Labute approximate surface area is 87.4 Å². The molecule has 5 heteroatoms. The molecule has 2 N–H and O–H groups in total. The summed E-state index contributed by atoms with van der Waals surface area (Å²) in [6, 6.07) is 0. The fourth-order valence-corrected chi connectivity index (χ4v) is 1.87. The molecule has 1 atom stereocenters. The minimum absolute atomic E-state index is 0.281. The Bertz CT molecular complexity index is 349. The Morgan fingerprint density at radius 1 is 1.60 bits per heavy atom. The molecule has 0 spiro atoms. The van der Waals surface area contributed by atoms with Crippen LogP contribution in [0.25, 0.3) is 0 Å². The quantitative estimate of drug-likeness (QED) is 0.771. The van der Waals surface area contributed by atoms with Crippen LogP contribution < -0.4 is 0 Å². The molecule has 1 aromatic heterocycles. The van der Waals surface area contributed by atoms with Crippen molar-refractivity contribution >= 4 is 5.97 Å². The van der Waals surface area contributed by atoms with Crippen molar-refractivity contribution in [2.75, 3.05) is 0 Å². The van der Waals surface area contributed by atoms with Crippen LogP contribution in [0.2, 0.25) is 0 Å². The van der Waals surface area contributed by atoms with Gasteiger partial charge in [-0.1, -0.05) is 0 Å². The number of aromatic nitrogens is 2. The van der Waals surface area contributed by atoms with Gasteiger partial charge >= 0.3 is 5.97 Å². The third-order valence-electron chi connectivity index (χ3n) is 2.64. The predicted molar refractivity (Wildman–Crippen MR) is 52.4 cm³/mol. The van der Waals surface area contributed by atoms with Crippen LogP contribution >= 0.6 is 0 Å². The van der Waals surface area contributed by atoms with Crippen LogP contribution in [0, 0.1) is 0 Å². The van der Waals surface area contributed by atoms with Crippen molar-refractivity contribution in [2.24, 2.45) is 0 Å². The average molecular weight is 210 g/mol. The molecular formula is C10H14N2O3. The summed E-state index contributed by atoms with van der Waals surface area (Å²) in [5.41, 5.74) is 0.481. The molecule has 1 aliphatic rings. The average Bonchev–Trinajstić information content (AvgIpc) is 2.59. The molecule has 2 rings (SSSR count). The van der Waals surface area contributed by atoms with E-state index in [-0.39, 0.29) is 6.42 Å². The highest BCUT2D eigenvalue weighted by Crippen LogP contribution is 2.20. The van der Waals surface area contributed by atoms with E-state index >= 15 is 0 Å². The number of rotatable bonds is 3.